The quantitative estimate of drug-likeness (QED) is 0.744. The highest BCUT2D eigenvalue weighted by Crippen LogP contribution is 2.19. The van der Waals surface area contributed by atoms with Crippen molar-refractivity contribution < 1.29 is 13.2 Å². The summed E-state index contributed by atoms with van der Waals surface area (Å²) in [6.45, 7) is 1.91. The lowest BCUT2D eigenvalue weighted by Gasteiger charge is -2.08. The van der Waals surface area contributed by atoms with Crippen LogP contribution in [0.3, 0.4) is 0 Å². The Morgan fingerprint density at radius 3 is 2.71 bits per heavy atom. The van der Waals surface area contributed by atoms with Gasteiger partial charge in [0.1, 0.15) is 12.4 Å². The number of rotatable bonds is 6. The second kappa shape index (κ2) is 6.84. The molecule has 0 saturated heterocycles. The maximum absolute atomic E-state index is 11.9. The van der Waals surface area contributed by atoms with Crippen molar-refractivity contribution in [2.75, 3.05) is 5.75 Å². The smallest absolute Gasteiger partial charge is 0.178 e. The van der Waals surface area contributed by atoms with E-state index in [9.17, 15) is 8.42 Å². The average Bonchev–Trinajstić information content (AvgIpc) is 3.15. The number of nitrogens with zero attached hydrogens (tertiary/aromatic N) is 2. The molecule has 0 atom stereocenters. The molecule has 0 aliphatic heterocycles. The molecule has 2 heterocycles. The third-order valence-electron chi connectivity index (χ3n) is 3.56. The Morgan fingerprint density at radius 1 is 1.17 bits per heavy atom. The number of pyridine rings is 1. The molecular formula is C17H17N3O3S. The van der Waals surface area contributed by atoms with Gasteiger partial charge in [-0.05, 0) is 35.9 Å². The fraction of sp³-hybridized carbons (Fsp3) is 0.176. The lowest BCUT2D eigenvalue weighted by molar-refractivity contribution is 0.305. The molecule has 3 aromatic rings. The van der Waals surface area contributed by atoms with Crippen LogP contribution in [-0.2, 0) is 16.4 Å². The van der Waals surface area contributed by atoms with E-state index in [0.717, 1.165) is 17.0 Å². The van der Waals surface area contributed by atoms with Crippen molar-refractivity contribution in [1.82, 2.24) is 15.2 Å². The fourth-order valence-electron chi connectivity index (χ4n) is 2.19. The van der Waals surface area contributed by atoms with Crippen molar-refractivity contribution in [2.45, 2.75) is 18.4 Å². The number of benzene rings is 1. The number of nitrogens with one attached hydrogen (secondary N) is 1. The molecule has 0 amide bonds. The first-order valence-corrected chi connectivity index (χ1v) is 9.14. The van der Waals surface area contributed by atoms with Crippen molar-refractivity contribution in [1.29, 1.82) is 0 Å². The zero-order valence-corrected chi connectivity index (χ0v) is 14.0. The Balaban J connectivity index is 1.69. The van der Waals surface area contributed by atoms with Crippen LogP contribution in [0.4, 0.5) is 0 Å². The summed E-state index contributed by atoms with van der Waals surface area (Å²) < 4.78 is 29.5. The Labute approximate surface area is 140 Å². The molecule has 0 aliphatic carbocycles. The molecule has 3 rings (SSSR count). The van der Waals surface area contributed by atoms with Gasteiger partial charge >= 0.3 is 0 Å². The van der Waals surface area contributed by atoms with Gasteiger partial charge in [0, 0.05) is 6.20 Å². The third kappa shape index (κ3) is 3.62. The molecule has 1 N–H and O–H groups in total. The van der Waals surface area contributed by atoms with Gasteiger partial charge in [0.15, 0.2) is 9.84 Å². The number of H-pyrrole nitrogens is 1. The first-order chi connectivity index (χ1) is 11.6. The van der Waals surface area contributed by atoms with Crippen molar-refractivity contribution in [3.05, 3.63) is 60.4 Å². The van der Waals surface area contributed by atoms with Crippen LogP contribution in [-0.4, -0.2) is 29.4 Å². The molecule has 7 heteroatoms. The summed E-state index contributed by atoms with van der Waals surface area (Å²) in [7, 11) is -3.21. The van der Waals surface area contributed by atoms with Gasteiger partial charge < -0.3 is 4.74 Å². The van der Waals surface area contributed by atoms with Gasteiger partial charge in [-0.2, -0.15) is 5.10 Å². The summed E-state index contributed by atoms with van der Waals surface area (Å²) in [6.07, 6.45) is 3.29. The Morgan fingerprint density at radius 2 is 2.04 bits per heavy atom. The summed E-state index contributed by atoms with van der Waals surface area (Å²) in [4.78, 5) is 4.63. The molecule has 0 bridgehead atoms. The Kier molecular flexibility index (Phi) is 4.61. The van der Waals surface area contributed by atoms with E-state index in [1.807, 2.05) is 24.3 Å². The standard InChI is InChI=1S/C17H17N3O3S/c1-2-24(21,22)15-5-3-4-13(10-15)12-23-14-6-7-16(18-11-14)17-8-9-19-20-17/h3-11H,2,12H2,1H3,(H,19,20). The minimum atomic E-state index is -3.21. The number of aromatic amines is 1. The molecule has 0 aliphatic rings. The van der Waals surface area contributed by atoms with Gasteiger partial charge in [0.2, 0.25) is 0 Å². The van der Waals surface area contributed by atoms with Crippen LogP contribution in [0, 0.1) is 0 Å². The molecular weight excluding hydrogens is 326 g/mol. The molecule has 2 aromatic heterocycles. The van der Waals surface area contributed by atoms with Crippen LogP contribution in [0.25, 0.3) is 11.4 Å². The van der Waals surface area contributed by atoms with Crippen molar-refractivity contribution >= 4 is 9.84 Å². The number of hydrogen-bond acceptors (Lipinski definition) is 5. The molecule has 124 valence electrons. The predicted octanol–water partition coefficient (Wildman–Crippen LogP) is 2.84. The maximum Gasteiger partial charge on any atom is 0.178 e. The second-order valence-corrected chi connectivity index (χ2v) is 7.47. The summed E-state index contributed by atoms with van der Waals surface area (Å²) in [5.41, 5.74) is 2.40. The van der Waals surface area contributed by atoms with E-state index in [-0.39, 0.29) is 12.4 Å². The highest BCUT2D eigenvalue weighted by Gasteiger charge is 2.11. The topological polar surface area (TPSA) is 84.9 Å². The first-order valence-electron chi connectivity index (χ1n) is 7.49. The lowest BCUT2D eigenvalue weighted by Crippen LogP contribution is -2.05. The van der Waals surface area contributed by atoms with E-state index >= 15 is 0 Å². The fourth-order valence-corrected chi connectivity index (χ4v) is 3.14. The highest BCUT2D eigenvalue weighted by atomic mass is 32.2. The minimum absolute atomic E-state index is 0.0797. The molecule has 0 fully saturated rings. The Hall–Kier alpha value is -2.67. The third-order valence-corrected chi connectivity index (χ3v) is 5.29. The molecule has 6 nitrogen and oxygen atoms in total. The summed E-state index contributed by atoms with van der Waals surface area (Å²) in [5, 5.41) is 6.73. The highest BCUT2D eigenvalue weighted by molar-refractivity contribution is 7.91. The Bertz CT molecular complexity index is 905. The largest absolute Gasteiger partial charge is 0.487 e. The number of sulfone groups is 1. The molecule has 0 spiro atoms. The van der Waals surface area contributed by atoms with Crippen LogP contribution in [0.5, 0.6) is 5.75 Å². The van der Waals surface area contributed by atoms with Gasteiger partial charge in [-0.25, -0.2) is 8.42 Å². The van der Waals surface area contributed by atoms with E-state index < -0.39 is 9.84 Å². The SMILES string of the molecule is CCS(=O)(=O)c1cccc(COc2ccc(-c3ccn[nH]3)nc2)c1. The normalized spacial score (nSPS) is 11.4. The van der Waals surface area contributed by atoms with Gasteiger partial charge in [-0.3, -0.25) is 10.1 Å². The van der Waals surface area contributed by atoms with Crippen molar-refractivity contribution in [3.8, 4) is 17.1 Å². The lowest BCUT2D eigenvalue weighted by atomic mass is 10.2. The van der Waals surface area contributed by atoms with Gasteiger partial charge in [0.25, 0.3) is 0 Å². The molecule has 0 radical (unpaired) electrons. The van der Waals surface area contributed by atoms with E-state index in [4.69, 9.17) is 4.74 Å². The molecule has 1 aromatic carbocycles. The van der Waals surface area contributed by atoms with Crippen LogP contribution < -0.4 is 4.74 Å². The van der Waals surface area contributed by atoms with E-state index in [0.29, 0.717) is 10.6 Å². The number of aromatic nitrogens is 3. The summed E-state index contributed by atoms with van der Waals surface area (Å²) >= 11 is 0. The van der Waals surface area contributed by atoms with E-state index in [1.165, 1.54) is 0 Å². The zero-order chi connectivity index (χ0) is 17.0. The van der Waals surface area contributed by atoms with Crippen LogP contribution in [0.1, 0.15) is 12.5 Å². The summed E-state index contributed by atoms with van der Waals surface area (Å²) in [6, 6.07) is 12.3. The second-order valence-electron chi connectivity index (χ2n) is 5.19. The maximum atomic E-state index is 11.9. The van der Waals surface area contributed by atoms with E-state index in [1.54, 1.807) is 37.5 Å². The van der Waals surface area contributed by atoms with Crippen LogP contribution in [0.15, 0.2) is 59.8 Å². The molecule has 0 saturated carbocycles. The molecule has 24 heavy (non-hydrogen) atoms. The predicted molar refractivity (Wildman–Crippen MR) is 90.3 cm³/mol. The van der Waals surface area contributed by atoms with Gasteiger partial charge in [0.05, 0.1) is 28.2 Å². The molecule has 0 unspecified atom stereocenters. The summed E-state index contributed by atoms with van der Waals surface area (Å²) in [5.74, 6) is 0.693. The van der Waals surface area contributed by atoms with Crippen molar-refractivity contribution in [3.63, 3.8) is 0 Å². The first kappa shape index (κ1) is 16.2. The van der Waals surface area contributed by atoms with Gasteiger partial charge in [-0.1, -0.05) is 19.1 Å². The van der Waals surface area contributed by atoms with Crippen molar-refractivity contribution in [2.24, 2.45) is 0 Å². The average molecular weight is 343 g/mol. The zero-order valence-electron chi connectivity index (χ0n) is 13.1. The minimum Gasteiger partial charge on any atom is -0.487 e. The van der Waals surface area contributed by atoms with Gasteiger partial charge in [-0.15, -0.1) is 0 Å². The van der Waals surface area contributed by atoms with Crippen LogP contribution >= 0.6 is 0 Å². The van der Waals surface area contributed by atoms with E-state index in [2.05, 4.69) is 15.2 Å². The van der Waals surface area contributed by atoms with Crippen LogP contribution in [0.2, 0.25) is 0 Å². The number of ether oxygens (including phenoxy) is 1. The monoisotopic (exact) mass is 343 g/mol. The number of hydrogen-bond donors (Lipinski definition) is 1.